The van der Waals surface area contributed by atoms with Crippen LogP contribution in [0.2, 0.25) is 0 Å². The minimum atomic E-state index is 0.297. The van der Waals surface area contributed by atoms with Crippen LogP contribution in [0.4, 0.5) is 0 Å². The maximum absolute atomic E-state index is 9.77. The minimum absolute atomic E-state index is 0.297. The lowest BCUT2D eigenvalue weighted by Crippen LogP contribution is -2.33. The molecule has 4 heteroatoms. The van der Waals surface area contributed by atoms with Gasteiger partial charge in [-0.25, -0.2) is 0 Å². The van der Waals surface area contributed by atoms with Gasteiger partial charge in [0.2, 0.25) is 0 Å². The Bertz CT molecular complexity index is 437. The maximum atomic E-state index is 9.77. The lowest BCUT2D eigenvalue weighted by Gasteiger charge is -2.22. The molecule has 1 unspecified atom stereocenters. The Morgan fingerprint density at radius 1 is 1.33 bits per heavy atom. The molecule has 1 heterocycles. The van der Waals surface area contributed by atoms with Gasteiger partial charge in [-0.2, -0.15) is 0 Å². The van der Waals surface area contributed by atoms with Crippen molar-refractivity contribution in [1.29, 1.82) is 0 Å². The van der Waals surface area contributed by atoms with Crippen molar-refractivity contribution in [2.45, 2.75) is 45.2 Å². The predicted molar refractivity (Wildman–Crippen MR) is 85.5 cm³/mol. The van der Waals surface area contributed by atoms with Crippen molar-refractivity contribution in [3.8, 4) is 5.75 Å². The molecule has 1 fully saturated rings. The van der Waals surface area contributed by atoms with E-state index in [0.29, 0.717) is 18.4 Å². The van der Waals surface area contributed by atoms with E-state index in [1.54, 1.807) is 6.07 Å². The molecule has 0 saturated carbocycles. The number of phenols is 1. The van der Waals surface area contributed by atoms with Crippen LogP contribution in [0.25, 0.3) is 0 Å². The molecule has 1 atom stereocenters. The molecule has 21 heavy (non-hydrogen) atoms. The summed E-state index contributed by atoms with van der Waals surface area (Å²) in [5.41, 5.74) is 2.14. The number of benzene rings is 1. The van der Waals surface area contributed by atoms with Crippen molar-refractivity contribution in [2.24, 2.45) is 0 Å². The molecule has 1 aromatic rings. The van der Waals surface area contributed by atoms with Crippen LogP contribution in [0.15, 0.2) is 18.2 Å². The standard InChI is InChI=1S/C17H28N2O2/c1-14-6-7-17(21)15(11-14)12-18-8-2-3-9-19-10-4-5-16(19)13-20/h6-7,11,16,18,20-21H,2-5,8-10,12-13H2,1H3. The molecule has 1 aliphatic heterocycles. The van der Waals surface area contributed by atoms with E-state index in [9.17, 15) is 10.2 Å². The summed E-state index contributed by atoms with van der Waals surface area (Å²) < 4.78 is 0. The molecule has 0 aliphatic carbocycles. The zero-order valence-electron chi connectivity index (χ0n) is 13.0. The maximum Gasteiger partial charge on any atom is 0.120 e. The van der Waals surface area contributed by atoms with Crippen molar-refractivity contribution in [1.82, 2.24) is 10.2 Å². The number of aryl methyl sites for hydroxylation is 1. The summed E-state index contributed by atoms with van der Waals surface area (Å²) in [7, 11) is 0. The molecule has 1 aromatic carbocycles. The van der Waals surface area contributed by atoms with Crippen LogP contribution in [0.3, 0.4) is 0 Å². The molecule has 0 bridgehead atoms. The summed E-state index contributed by atoms with van der Waals surface area (Å²) in [6.45, 7) is 6.24. The van der Waals surface area contributed by atoms with E-state index in [2.05, 4.69) is 10.2 Å². The molecule has 2 rings (SSSR count). The van der Waals surface area contributed by atoms with Gasteiger partial charge in [0.25, 0.3) is 0 Å². The fraction of sp³-hybridized carbons (Fsp3) is 0.647. The number of rotatable bonds is 8. The first kappa shape index (κ1) is 16.3. The third-order valence-corrected chi connectivity index (χ3v) is 4.31. The number of phenolic OH excluding ortho intramolecular Hbond substituents is 1. The molecule has 1 saturated heterocycles. The van der Waals surface area contributed by atoms with Gasteiger partial charge in [-0.05, 0) is 58.3 Å². The molecule has 0 spiro atoms. The lowest BCUT2D eigenvalue weighted by atomic mass is 10.1. The number of hydrogen-bond donors (Lipinski definition) is 3. The predicted octanol–water partition coefficient (Wildman–Crippen LogP) is 2.03. The highest BCUT2D eigenvalue weighted by Crippen LogP contribution is 2.18. The van der Waals surface area contributed by atoms with Crippen LogP contribution < -0.4 is 5.32 Å². The number of aliphatic hydroxyl groups is 1. The van der Waals surface area contributed by atoms with Crippen molar-refractivity contribution in [3.05, 3.63) is 29.3 Å². The average Bonchev–Trinajstić information content (AvgIpc) is 2.93. The second-order valence-electron chi connectivity index (χ2n) is 6.03. The third-order valence-electron chi connectivity index (χ3n) is 4.31. The summed E-state index contributed by atoms with van der Waals surface area (Å²) in [4.78, 5) is 2.41. The van der Waals surface area contributed by atoms with E-state index in [1.807, 2.05) is 19.1 Å². The first-order chi connectivity index (χ1) is 10.2. The second kappa shape index (κ2) is 8.37. The first-order valence-electron chi connectivity index (χ1n) is 8.05. The van der Waals surface area contributed by atoms with Gasteiger partial charge in [0.15, 0.2) is 0 Å². The highest BCUT2D eigenvalue weighted by Gasteiger charge is 2.22. The number of aliphatic hydroxyl groups excluding tert-OH is 1. The zero-order valence-corrected chi connectivity index (χ0v) is 13.0. The summed E-state index contributed by atoms with van der Waals surface area (Å²) in [5.74, 6) is 0.371. The largest absolute Gasteiger partial charge is 0.508 e. The van der Waals surface area contributed by atoms with Crippen LogP contribution in [-0.2, 0) is 6.54 Å². The van der Waals surface area contributed by atoms with E-state index >= 15 is 0 Å². The van der Waals surface area contributed by atoms with E-state index in [4.69, 9.17) is 0 Å². The molecular formula is C17H28N2O2. The number of likely N-dealkylation sites (tertiary alicyclic amines) is 1. The van der Waals surface area contributed by atoms with E-state index in [1.165, 1.54) is 12.0 Å². The molecule has 0 radical (unpaired) electrons. The van der Waals surface area contributed by atoms with Crippen LogP contribution in [-0.4, -0.2) is 47.4 Å². The van der Waals surface area contributed by atoms with Crippen molar-refractivity contribution in [3.63, 3.8) is 0 Å². The third kappa shape index (κ3) is 4.99. The molecule has 4 nitrogen and oxygen atoms in total. The fourth-order valence-corrected chi connectivity index (χ4v) is 3.04. The zero-order chi connectivity index (χ0) is 15.1. The topological polar surface area (TPSA) is 55.7 Å². The Hall–Kier alpha value is -1.10. The monoisotopic (exact) mass is 292 g/mol. The van der Waals surface area contributed by atoms with Gasteiger partial charge in [-0.1, -0.05) is 17.7 Å². The summed E-state index contributed by atoms with van der Waals surface area (Å²) in [6, 6.07) is 6.10. The lowest BCUT2D eigenvalue weighted by molar-refractivity contribution is 0.157. The SMILES string of the molecule is Cc1ccc(O)c(CNCCCCN2CCCC2CO)c1. The van der Waals surface area contributed by atoms with Crippen molar-refractivity contribution in [2.75, 3.05) is 26.2 Å². The first-order valence-corrected chi connectivity index (χ1v) is 8.05. The number of hydrogen-bond acceptors (Lipinski definition) is 4. The van der Waals surface area contributed by atoms with Gasteiger partial charge in [-0.3, -0.25) is 4.90 Å². The van der Waals surface area contributed by atoms with Crippen LogP contribution >= 0.6 is 0 Å². The van der Waals surface area contributed by atoms with E-state index < -0.39 is 0 Å². The normalized spacial score (nSPS) is 19.2. The molecule has 118 valence electrons. The van der Waals surface area contributed by atoms with E-state index in [-0.39, 0.29) is 0 Å². The Kier molecular flexibility index (Phi) is 6.49. The van der Waals surface area contributed by atoms with Gasteiger partial charge >= 0.3 is 0 Å². The number of nitrogens with one attached hydrogen (secondary N) is 1. The van der Waals surface area contributed by atoms with Gasteiger partial charge in [0, 0.05) is 18.2 Å². The fourth-order valence-electron chi connectivity index (χ4n) is 3.04. The molecule has 0 aromatic heterocycles. The quantitative estimate of drug-likeness (QED) is 0.642. The number of nitrogens with zero attached hydrogens (tertiary/aromatic N) is 1. The molecule has 1 aliphatic rings. The minimum Gasteiger partial charge on any atom is -0.508 e. The highest BCUT2D eigenvalue weighted by atomic mass is 16.3. The van der Waals surface area contributed by atoms with Crippen molar-refractivity contribution >= 4 is 0 Å². The second-order valence-corrected chi connectivity index (χ2v) is 6.03. The van der Waals surface area contributed by atoms with Crippen molar-refractivity contribution < 1.29 is 10.2 Å². The van der Waals surface area contributed by atoms with Gasteiger partial charge in [0.1, 0.15) is 5.75 Å². The van der Waals surface area contributed by atoms with Gasteiger partial charge in [0.05, 0.1) is 6.61 Å². The Balaban J connectivity index is 1.59. The highest BCUT2D eigenvalue weighted by molar-refractivity contribution is 5.35. The summed E-state index contributed by atoms with van der Waals surface area (Å²) >= 11 is 0. The summed E-state index contributed by atoms with van der Waals surface area (Å²) in [6.07, 6.45) is 4.64. The summed E-state index contributed by atoms with van der Waals surface area (Å²) in [5, 5.41) is 22.4. The van der Waals surface area contributed by atoms with Crippen LogP contribution in [0, 0.1) is 6.92 Å². The number of unbranched alkanes of at least 4 members (excludes halogenated alkanes) is 1. The van der Waals surface area contributed by atoms with Gasteiger partial charge < -0.3 is 15.5 Å². The van der Waals surface area contributed by atoms with Gasteiger partial charge in [-0.15, -0.1) is 0 Å². The van der Waals surface area contributed by atoms with Crippen LogP contribution in [0.1, 0.15) is 36.8 Å². The molecule has 0 amide bonds. The Labute approximate surface area is 127 Å². The van der Waals surface area contributed by atoms with Crippen LogP contribution in [0.5, 0.6) is 5.75 Å². The number of aromatic hydroxyl groups is 1. The smallest absolute Gasteiger partial charge is 0.120 e. The average molecular weight is 292 g/mol. The Morgan fingerprint density at radius 3 is 3.00 bits per heavy atom. The molecule has 3 N–H and O–H groups in total. The van der Waals surface area contributed by atoms with E-state index in [0.717, 1.165) is 51.0 Å². The molecular weight excluding hydrogens is 264 g/mol. The Morgan fingerprint density at radius 2 is 2.19 bits per heavy atom.